The Bertz CT molecular complexity index is 1720. The molecule has 0 spiro atoms. The second kappa shape index (κ2) is 11.1. The largest absolute Gasteiger partial charge is 0.465 e. The number of carbonyl (C=O) groups excluding carboxylic acids is 1. The maximum Gasteiger partial charge on any atom is 0.338 e. The standard InChI is InChI=1S/C33H22N4O2/c1-20(2)24-8-5-9-27-28(14-24)30(33(38)39-3)15-29(27)32(26(18-36)19-37)31(25(16-34)17-35)23-12-10-21-6-4-7-22(21)11-13-23/h4-15,20H,1-3H3. The van der Waals surface area contributed by atoms with Gasteiger partial charge in [-0.15, -0.1) is 0 Å². The number of fused-ring (bicyclic) bond motifs is 2. The van der Waals surface area contributed by atoms with Crippen molar-refractivity contribution in [2.24, 2.45) is 0 Å². The average Bonchev–Trinajstić information content (AvgIpc) is 3.39. The quantitative estimate of drug-likeness (QED) is 0.161. The summed E-state index contributed by atoms with van der Waals surface area (Å²) in [5.74, 6) is -0.428. The number of allylic oxidation sites excluding steroid dienone is 4. The van der Waals surface area contributed by atoms with Gasteiger partial charge in [0.05, 0.1) is 12.7 Å². The Kier molecular flexibility index (Phi) is 7.54. The number of nitrogens with zero attached hydrogens (tertiary/aromatic N) is 4. The fourth-order valence-corrected chi connectivity index (χ4v) is 4.65. The molecule has 0 aromatic heterocycles. The van der Waals surface area contributed by atoms with Crippen LogP contribution in [0.25, 0.3) is 33.4 Å². The van der Waals surface area contributed by atoms with E-state index in [4.69, 9.17) is 4.74 Å². The highest BCUT2D eigenvalue weighted by Gasteiger charge is 2.29. The molecule has 0 heterocycles. The molecular formula is C33H22N4O2. The Morgan fingerprint density at radius 2 is 1.26 bits per heavy atom. The topological polar surface area (TPSA) is 121 Å². The molecule has 0 amide bonds. The summed E-state index contributed by atoms with van der Waals surface area (Å²) in [5, 5.41) is 40.0. The first kappa shape index (κ1) is 26.4. The number of hydrogen-bond donors (Lipinski definition) is 0. The summed E-state index contributed by atoms with van der Waals surface area (Å²) in [7, 11) is 1.28. The molecule has 39 heavy (non-hydrogen) atoms. The van der Waals surface area contributed by atoms with Gasteiger partial charge >= 0.3 is 5.97 Å². The van der Waals surface area contributed by atoms with Crippen molar-refractivity contribution in [3.05, 3.63) is 106 Å². The zero-order valence-corrected chi connectivity index (χ0v) is 21.6. The van der Waals surface area contributed by atoms with Gasteiger partial charge in [0.25, 0.3) is 0 Å². The minimum Gasteiger partial charge on any atom is -0.465 e. The lowest BCUT2D eigenvalue weighted by molar-refractivity contribution is 0.0602. The monoisotopic (exact) mass is 506 g/mol. The van der Waals surface area contributed by atoms with E-state index in [1.54, 1.807) is 24.3 Å². The van der Waals surface area contributed by atoms with E-state index in [0.717, 1.165) is 16.7 Å². The van der Waals surface area contributed by atoms with Crippen LogP contribution in [-0.2, 0) is 4.74 Å². The summed E-state index contributed by atoms with van der Waals surface area (Å²) >= 11 is 0. The molecular weight excluding hydrogens is 484 g/mol. The summed E-state index contributed by atoms with van der Waals surface area (Å²) in [5.41, 5.74) is 4.78. The van der Waals surface area contributed by atoms with Gasteiger partial charge in [-0.2, -0.15) is 21.0 Å². The van der Waals surface area contributed by atoms with Crippen molar-refractivity contribution in [1.29, 1.82) is 21.0 Å². The van der Waals surface area contributed by atoms with E-state index >= 15 is 0 Å². The van der Waals surface area contributed by atoms with Crippen LogP contribution in [0.3, 0.4) is 0 Å². The molecule has 0 aliphatic heterocycles. The number of esters is 1. The lowest BCUT2D eigenvalue weighted by Crippen LogP contribution is -2.00. The molecule has 0 atom stereocenters. The summed E-state index contributed by atoms with van der Waals surface area (Å²) in [4.78, 5) is 12.9. The van der Waals surface area contributed by atoms with Crippen LogP contribution in [0, 0.1) is 45.3 Å². The van der Waals surface area contributed by atoms with Crippen molar-refractivity contribution in [3.63, 3.8) is 0 Å². The van der Waals surface area contributed by atoms with E-state index in [9.17, 15) is 25.8 Å². The highest BCUT2D eigenvalue weighted by atomic mass is 16.5. The molecule has 4 aliphatic rings. The summed E-state index contributed by atoms with van der Waals surface area (Å²) in [6.45, 7) is 4.06. The van der Waals surface area contributed by atoms with E-state index in [2.05, 4.69) is 0 Å². The fraction of sp³-hybridized carbons (Fsp3) is 0.121. The minimum absolute atomic E-state index is 0.0985. The predicted octanol–water partition coefficient (Wildman–Crippen LogP) is 7.11. The molecule has 4 aliphatic carbocycles. The van der Waals surface area contributed by atoms with E-state index in [1.807, 2.05) is 86.7 Å². The molecule has 0 radical (unpaired) electrons. The van der Waals surface area contributed by atoms with Crippen LogP contribution in [0.4, 0.5) is 0 Å². The Balaban J connectivity index is 2.16. The van der Waals surface area contributed by atoms with Gasteiger partial charge in [-0.25, -0.2) is 4.79 Å². The molecule has 186 valence electrons. The van der Waals surface area contributed by atoms with E-state index in [1.165, 1.54) is 7.11 Å². The first-order chi connectivity index (χ1) is 18.9. The molecule has 0 bridgehead atoms. The van der Waals surface area contributed by atoms with Gasteiger partial charge in [-0.05, 0) is 50.9 Å². The van der Waals surface area contributed by atoms with Crippen LogP contribution >= 0.6 is 0 Å². The highest BCUT2D eigenvalue weighted by Crippen LogP contribution is 2.45. The third-order valence-corrected chi connectivity index (χ3v) is 6.62. The van der Waals surface area contributed by atoms with Crippen LogP contribution in [0.5, 0.6) is 0 Å². The van der Waals surface area contributed by atoms with Gasteiger partial charge in [-0.3, -0.25) is 0 Å². The number of rotatable bonds is 5. The average molecular weight is 507 g/mol. The molecule has 4 rings (SSSR count). The maximum absolute atomic E-state index is 12.9. The maximum atomic E-state index is 12.9. The molecule has 0 aromatic rings. The lowest BCUT2D eigenvalue weighted by atomic mass is 9.86. The minimum atomic E-state index is -0.585. The van der Waals surface area contributed by atoms with Gasteiger partial charge in [0.1, 0.15) is 35.4 Å². The molecule has 0 unspecified atom stereocenters. The Morgan fingerprint density at radius 1 is 0.692 bits per heavy atom. The van der Waals surface area contributed by atoms with Gasteiger partial charge in [0, 0.05) is 11.1 Å². The molecule has 0 saturated carbocycles. The molecule has 0 fully saturated rings. The third kappa shape index (κ3) is 4.84. The normalized spacial score (nSPS) is 10.2. The van der Waals surface area contributed by atoms with Crippen LogP contribution in [0.2, 0.25) is 0 Å². The van der Waals surface area contributed by atoms with Crippen molar-refractivity contribution in [2.75, 3.05) is 7.11 Å². The summed E-state index contributed by atoms with van der Waals surface area (Å²) in [6, 6.07) is 29.8. The fourth-order valence-electron chi connectivity index (χ4n) is 4.65. The summed E-state index contributed by atoms with van der Waals surface area (Å²) in [6.07, 6.45) is 0. The number of hydrogen-bond acceptors (Lipinski definition) is 6. The van der Waals surface area contributed by atoms with Crippen LogP contribution in [-0.4, -0.2) is 13.1 Å². The predicted molar refractivity (Wildman–Crippen MR) is 148 cm³/mol. The van der Waals surface area contributed by atoms with Crippen molar-refractivity contribution in [1.82, 2.24) is 0 Å². The van der Waals surface area contributed by atoms with Crippen molar-refractivity contribution >= 4 is 17.1 Å². The Labute approximate surface area is 227 Å². The number of methoxy groups -OCH3 is 1. The zero-order valence-electron chi connectivity index (χ0n) is 21.6. The first-order valence-corrected chi connectivity index (χ1v) is 12.1. The van der Waals surface area contributed by atoms with Gasteiger partial charge in [-0.1, -0.05) is 80.6 Å². The highest BCUT2D eigenvalue weighted by molar-refractivity contribution is 6.16. The molecule has 6 nitrogen and oxygen atoms in total. The zero-order chi connectivity index (χ0) is 28.1. The first-order valence-electron chi connectivity index (χ1n) is 12.1. The Morgan fingerprint density at radius 3 is 1.79 bits per heavy atom. The van der Waals surface area contributed by atoms with Crippen LogP contribution in [0.15, 0.2) is 83.9 Å². The number of nitriles is 4. The second-order valence-corrected chi connectivity index (χ2v) is 9.12. The molecule has 0 saturated heterocycles. The van der Waals surface area contributed by atoms with Gasteiger partial charge < -0.3 is 4.74 Å². The molecule has 0 aromatic carbocycles. The SMILES string of the molecule is COC(=O)c1cc(C(=C(C#N)C#N)C(=C(C#N)C#N)c2ccc3cccc-3cc2)c2cccc(C(C)C)cc1-2. The summed E-state index contributed by atoms with van der Waals surface area (Å²) < 4.78 is 5.06. The number of ether oxygens (including phenoxy) is 1. The molecule has 0 N–H and O–H groups in total. The van der Waals surface area contributed by atoms with Crippen LogP contribution < -0.4 is 0 Å². The van der Waals surface area contributed by atoms with E-state index < -0.39 is 5.97 Å². The van der Waals surface area contributed by atoms with Gasteiger partial charge in [0.2, 0.25) is 0 Å². The van der Waals surface area contributed by atoms with Crippen molar-refractivity contribution in [3.8, 4) is 46.5 Å². The van der Waals surface area contributed by atoms with Crippen molar-refractivity contribution < 1.29 is 9.53 Å². The second-order valence-electron chi connectivity index (χ2n) is 9.12. The Hall–Kier alpha value is -5.69. The molecule has 6 heteroatoms. The smallest absolute Gasteiger partial charge is 0.338 e. The van der Waals surface area contributed by atoms with Crippen molar-refractivity contribution in [2.45, 2.75) is 19.8 Å². The third-order valence-electron chi connectivity index (χ3n) is 6.62. The van der Waals surface area contributed by atoms with E-state index in [-0.39, 0.29) is 33.8 Å². The van der Waals surface area contributed by atoms with Gasteiger partial charge in [0.15, 0.2) is 0 Å². The van der Waals surface area contributed by atoms with E-state index in [0.29, 0.717) is 22.3 Å². The number of carbonyl (C=O) groups is 1. The lowest BCUT2D eigenvalue weighted by Gasteiger charge is -2.14. The van der Waals surface area contributed by atoms with Crippen LogP contribution in [0.1, 0.15) is 46.8 Å².